The predicted molar refractivity (Wildman–Crippen MR) is 107 cm³/mol. The highest BCUT2D eigenvalue weighted by Gasteiger charge is 2.31. The number of rotatable bonds is 5. The number of aromatic nitrogens is 2. The lowest BCUT2D eigenvalue weighted by molar-refractivity contribution is 0.0978. The molecule has 4 rings (SSSR count). The molecule has 0 amide bonds. The van der Waals surface area contributed by atoms with E-state index in [1.54, 1.807) is 24.4 Å². The van der Waals surface area contributed by atoms with Crippen molar-refractivity contribution in [3.8, 4) is 28.6 Å². The number of hydrogen-bond donors (Lipinski definition) is 0. The van der Waals surface area contributed by atoms with E-state index in [4.69, 9.17) is 4.52 Å². The first-order valence-corrected chi connectivity index (χ1v) is 9.63. The number of nitriles is 1. The maximum absolute atomic E-state index is 13.2. The highest BCUT2D eigenvalue weighted by molar-refractivity contribution is 7.10. The first-order valence-electron chi connectivity index (χ1n) is 8.75. The number of hydrogen-bond acceptors (Lipinski definition) is 6. The van der Waals surface area contributed by atoms with Crippen molar-refractivity contribution in [3.63, 3.8) is 0 Å². The van der Waals surface area contributed by atoms with Crippen LogP contribution in [0.5, 0.6) is 0 Å². The second-order valence-corrected chi connectivity index (χ2v) is 7.22. The van der Waals surface area contributed by atoms with Gasteiger partial charge in [0.2, 0.25) is 0 Å². The fourth-order valence-corrected chi connectivity index (χ4v) is 3.87. The van der Waals surface area contributed by atoms with Crippen molar-refractivity contribution in [2.75, 3.05) is 0 Å². The third-order valence-electron chi connectivity index (χ3n) is 4.46. The summed E-state index contributed by atoms with van der Waals surface area (Å²) in [5.74, 6) is -1.49. The smallest absolute Gasteiger partial charge is 0.192 e. The summed E-state index contributed by atoms with van der Waals surface area (Å²) in [6, 6.07) is 17.1. The molecule has 0 radical (unpaired) electrons. The average molecular weight is 403 g/mol. The van der Waals surface area contributed by atoms with Crippen molar-refractivity contribution in [1.82, 2.24) is 10.1 Å². The van der Waals surface area contributed by atoms with Gasteiger partial charge in [-0.05, 0) is 31.2 Å². The monoisotopic (exact) mass is 403 g/mol. The van der Waals surface area contributed by atoms with Crippen LogP contribution >= 0.6 is 11.3 Å². The van der Waals surface area contributed by atoms with E-state index in [1.165, 1.54) is 23.5 Å². The van der Waals surface area contributed by atoms with Crippen LogP contribution in [0.1, 0.15) is 27.0 Å². The van der Waals surface area contributed by atoms with Gasteiger partial charge in [-0.2, -0.15) is 5.26 Å². The van der Waals surface area contributed by atoms with Crippen LogP contribution in [0.25, 0.3) is 22.5 Å². The Labute approximate surface area is 170 Å². The van der Waals surface area contributed by atoms with Crippen molar-refractivity contribution in [2.24, 2.45) is 0 Å². The lowest BCUT2D eigenvalue weighted by Crippen LogP contribution is -2.12. The van der Waals surface area contributed by atoms with Crippen molar-refractivity contribution in [3.05, 3.63) is 82.1 Å². The summed E-state index contributed by atoms with van der Waals surface area (Å²) in [6.45, 7) is 1.65. The minimum Gasteiger partial charge on any atom is -0.360 e. The van der Waals surface area contributed by atoms with Gasteiger partial charge in [0.05, 0.1) is 17.3 Å². The number of carbonyl (C=O) groups excluding carboxylic acids is 1. The molecule has 0 aliphatic heterocycles. The molecule has 4 aromatic rings. The molecule has 2 aromatic heterocycles. The second-order valence-electron chi connectivity index (χ2n) is 6.33. The number of nitrogens with zero attached hydrogens (tertiary/aromatic N) is 3. The van der Waals surface area contributed by atoms with E-state index in [9.17, 15) is 14.4 Å². The summed E-state index contributed by atoms with van der Waals surface area (Å²) in [4.78, 5) is 17.7. The number of Topliss-reactive ketones (excluding diaryl/α,β-unsaturated/α-hetero) is 1. The highest BCUT2D eigenvalue weighted by atomic mass is 32.1. The number of carbonyl (C=O) groups is 1. The SMILES string of the molecule is Cc1onc(-c2ccccc2)c1C(=O)[C@H](C#N)c1nc(-c2ccc(F)cc2)cs1. The Morgan fingerprint density at radius 3 is 2.55 bits per heavy atom. The van der Waals surface area contributed by atoms with Gasteiger partial charge in [-0.15, -0.1) is 11.3 Å². The van der Waals surface area contributed by atoms with Crippen LogP contribution in [0.2, 0.25) is 0 Å². The Balaban J connectivity index is 1.70. The quantitative estimate of drug-likeness (QED) is 0.417. The minimum absolute atomic E-state index is 0.279. The molecule has 2 aromatic carbocycles. The maximum atomic E-state index is 13.2. The maximum Gasteiger partial charge on any atom is 0.192 e. The molecule has 0 bridgehead atoms. The summed E-state index contributed by atoms with van der Waals surface area (Å²) in [6.07, 6.45) is 0. The molecule has 142 valence electrons. The summed E-state index contributed by atoms with van der Waals surface area (Å²) >= 11 is 1.22. The van der Waals surface area contributed by atoms with Crippen molar-refractivity contribution >= 4 is 17.1 Å². The molecule has 5 nitrogen and oxygen atoms in total. The molecule has 29 heavy (non-hydrogen) atoms. The van der Waals surface area contributed by atoms with Crippen molar-refractivity contribution < 1.29 is 13.7 Å². The van der Waals surface area contributed by atoms with E-state index in [1.807, 2.05) is 30.3 Å². The van der Waals surface area contributed by atoms with Gasteiger partial charge >= 0.3 is 0 Å². The Bertz CT molecular complexity index is 1210. The van der Waals surface area contributed by atoms with Crippen LogP contribution in [-0.4, -0.2) is 15.9 Å². The van der Waals surface area contributed by atoms with Crippen LogP contribution in [-0.2, 0) is 0 Å². The Morgan fingerprint density at radius 1 is 1.14 bits per heavy atom. The molecule has 0 unspecified atom stereocenters. The molecule has 0 aliphatic carbocycles. The van der Waals surface area contributed by atoms with Gasteiger partial charge in [0.1, 0.15) is 22.3 Å². The zero-order valence-electron chi connectivity index (χ0n) is 15.3. The fourth-order valence-electron chi connectivity index (χ4n) is 3.00. The molecule has 0 aliphatic rings. The number of thiazole rings is 1. The van der Waals surface area contributed by atoms with Gasteiger partial charge in [0, 0.05) is 16.5 Å². The molecular formula is C22H14FN3O2S. The topological polar surface area (TPSA) is 79.8 Å². The lowest BCUT2D eigenvalue weighted by atomic mass is 9.95. The van der Waals surface area contributed by atoms with Gasteiger partial charge in [-0.1, -0.05) is 35.5 Å². The third-order valence-corrected chi connectivity index (χ3v) is 5.37. The lowest BCUT2D eigenvalue weighted by Gasteiger charge is -2.06. The van der Waals surface area contributed by atoms with Gasteiger partial charge in [0.25, 0.3) is 0 Å². The molecule has 0 saturated carbocycles. The Kier molecular flexibility index (Phi) is 5.02. The standard InChI is InChI=1S/C22H14FN3O2S/c1-13-19(20(26-28-13)15-5-3-2-4-6-15)21(27)17(11-24)22-25-18(12-29-22)14-7-9-16(23)10-8-14/h2-10,12,17H,1H3/t17-/m0/s1. The summed E-state index contributed by atoms with van der Waals surface area (Å²) in [5.41, 5.74) is 2.72. The van der Waals surface area contributed by atoms with Crippen molar-refractivity contribution in [1.29, 1.82) is 5.26 Å². The van der Waals surface area contributed by atoms with Gasteiger partial charge < -0.3 is 4.52 Å². The predicted octanol–water partition coefficient (Wildman–Crippen LogP) is 5.40. The van der Waals surface area contributed by atoms with E-state index in [2.05, 4.69) is 16.2 Å². The van der Waals surface area contributed by atoms with Gasteiger partial charge in [-0.3, -0.25) is 4.79 Å². The zero-order valence-corrected chi connectivity index (χ0v) is 16.1. The number of aryl methyl sites for hydroxylation is 1. The van der Waals surface area contributed by atoms with Crippen LogP contribution in [0.3, 0.4) is 0 Å². The molecule has 1 atom stereocenters. The largest absolute Gasteiger partial charge is 0.360 e. The first kappa shape index (κ1) is 18.7. The van der Waals surface area contributed by atoms with Crippen molar-refractivity contribution in [2.45, 2.75) is 12.8 Å². The Hall–Kier alpha value is -3.63. The molecule has 2 heterocycles. The summed E-state index contributed by atoms with van der Waals surface area (Å²) in [5, 5.41) is 15.9. The molecular weight excluding hydrogens is 389 g/mol. The molecule has 0 saturated heterocycles. The first-order chi connectivity index (χ1) is 14.1. The van der Waals surface area contributed by atoms with E-state index >= 15 is 0 Å². The summed E-state index contributed by atoms with van der Waals surface area (Å²) in [7, 11) is 0. The average Bonchev–Trinajstić information content (AvgIpc) is 3.37. The Morgan fingerprint density at radius 2 is 1.86 bits per heavy atom. The zero-order chi connectivity index (χ0) is 20.4. The van der Waals surface area contributed by atoms with Crippen LogP contribution < -0.4 is 0 Å². The second kappa shape index (κ2) is 7.78. The van der Waals surface area contributed by atoms with Gasteiger partial charge in [-0.25, -0.2) is 9.37 Å². The van der Waals surface area contributed by atoms with Gasteiger partial charge in [0.15, 0.2) is 11.7 Å². The minimum atomic E-state index is -1.09. The van der Waals surface area contributed by atoms with E-state index in [0.29, 0.717) is 27.7 Å². The van der Waals surface area contributed by atoms with Crippen LogP contribution in [0.15, 0.2) is 64.5 Å². The normalized spacial score (nSPS) is 11.8. The molecule has 0 fully saturated rings. The molecule has 0 spiro atoms. The fraction of sp³-hybridized carbons (Fsp3) is 0.0909. The number of ketones is 1. The number of halogens is 1. The van der Waals surface area contributed by atoms with E-state index < -0.39 is 11.7 Å². The van der Waals surface area contributed by atoms with E-state index in [0.717, 1.165) is 5.56 Å². The number of benzene rings is 2. The van der Waals surface area contributed by atoms with Crippen LogP contribution in [0, 0.1) is 24.1 Å². The molecule has 7 heteroatoms. The van der Waals surface area contributed by atoms with Crippen LogP contribution in [0.4, 0.5) is 4.39 Å². The molecule has 0 N–H and O–H groups in total. The highest BCUT2D eigenvalue weighted by Crippen LogP contribution is 2.33. The van der Waals surface area contributed by atoms with E-state index in [-0.39, 0.29) is 11.4 Å². The third kappa shape index (κ3) is 3.58. The summed E-state index contributed by atoms with van der Waals surface area (Å²) < 4.78 is 18.4.